The second kappa shape index (κ2) is 4.86. The number of hydrogen-bond donors (Lipinski definition) is 1. The van der Waals surface area contributed by atoms with Crippen molar-refractivity contribution >= 4 is 17.0 Å². The van der Waals surface area contributed by atoms with Crippen molar-refractivity contribution in [2.24, 2.45) is 5.92 Å². The number of fused-ring (bicyclic) bond motifs is 1. The fraction of sp³-hybridized carbons (Fsp3) is 0.500. The van der Waals surface area contributed by atoms with E-state index in [1.54, 1.807) is 12.1 Å². The molecule has 3 rings (SSSR count). The van der Waals surface area contributed by atoms with Crippen LogP contribution in [0.5, 0.6) is 0 Å². The summed E-state index contributed by atoms with van der Waals surface area (Å²) in [6.07, 6.45) is 1.01. The van der Waals surface area contributed by atoms with Crippen LogP contribution < -0.4 is 0 Å². The number of carbonyl (C=O) groups is 1. The third-order valence-electron chi connectivity index (χ3n) is 4.11. The van der Waals surface area contributed by atoms with Crippen LogP contribution in [0.4, 0.5) is 0 Å². The van der Waals surface area contributed by atoms with Crippen LogP contribution >= 0.6 is 0 Å². The lowest BCUT2D eigenvalue weighted by Gasteiger charge is -2.34. The van der Waals surface area contributed by atoms with Gasteiger partial charge in [0.1, 0.15) is 5.52 Å². The number of hydrogen-bond acceptors (Lipinski definition) is 4. The fourth-order valence-electron chi connectivity index (χ4n) is 3.09. The van der Waals surface area contributed by atoms with Crippen molar-refractivity contribution in [3.63, 3.8) is 0 Å². The Balaban J connectivity index is 2.05. The van der Waals surface area contributed by atoms with Crippen molar-refractivity contribution in [1.29, 1.82) is 0 Å². The molecule has 0 bridgehead atoms. The number of benzene rings is 1. The lowest BCUT2D eigenvalue weighted by atomic mass is 9.94. The average molecular weight is 274 g/mol. The summed E-state index contributed by atoms with van der Waals surface area (Å²) in [4.78, 5) is 13.5. The van der Waals surface area contributed by atoms with Crippen LogP contribution in [0.3, 0.4) is 0 Å². The maximum Gasteiger partial charge on any atom is 0.338 e. The SMILES string of the molecule is CC1CN(C)CCC1n1nnc2c(C(=O)O)cccc21. The summed E-state index contributed by atoms with van der Waals surface area (Å²) in [7, 11) is 2.12. The monoisotopic (exact) mass is 274 g/mol. The summed E-state index contributed by atoms with van der Waals surface area (Å²) in [6.45, 7) is 4.24. The van der Waals surface area contributed by atoms with Gasteiger partial charge in [-0.05, 0) is 38.1 Å². The van der Waals surface area contributed by atoms with Gasteiger partial charge in [0.2, 0.25) is 0 Å². The number of aromatic nitrogens is 3. The van der Waals surface area contributed by atoms with E-state index in [0.717, 1.165) is 25.0 Å². The van der Waals surface area contributed by atoms with Crippen molar-refractivity contribution in [2.45, 2.75) is 19.4 Å². The standard InChI is InChI=1S/C14H18N4O2/c1-9-8-17(2)7-6-11(9)18-12-5-3-4-10(14(19)20)13(12)15-16-18/h3-5,9,11H,6-8H2,1-2H3,(H,19,20). The van der Waals surface area contributed by atoms with Crippen molar-refractivity contribution in [3.8, 4) is 0 Å². The third-order valence-corrected chi connectivity index (χ3v) is 4.11. The molecule has 6 nitrogen and oxygen atoms in total. The van der Waals surface area contributed by atoms with Gasteiger partial charge < -0.3 is 10.0 Å². The van der Waals surface area contributed by atoms with E-state index >= 15 is 0 Å². The first-order valence-corrected chi connectivity index (χ1v) is 6.83. The largest absolute Gasteiger partial charge is 0.478 e. The third kappa shape index (κ3) is 2.06. The molecule has 1 aliphatic heterocycles. The number of piperidine rings is 1. The molecule has 2 aromatic rings. The Hall–Kier alpha value is -1.95. The second-order valence-electron chi connectivity index (χ2n) is 5.61. The van der Waals surface area contributed by atoms with Gasteiger partial charge in [-0.15, -0.1) is 5.10 Å². The molecule has 1 aliphatic rings. The van der Waals surface area contributed by atoms with Crippen LogP contribution in [0, 0.1) is 5.92 Å². The average Bonchev–Trinajstić information content (AvgIpc) is 2.82. The summed E-state index contributed by atoms with van der Waals surface area (Å²) >= 11 is 0. The molecule has 2 atom stereocenters. The molecule has 0 radical (unpaired) electrons. The molecular weight excluding hydrogens is 256 g/mol. The quantitative estimate of drug-likeness (QED) is 0.901. The van der Waals surface area contributed by atoms with E-state index in [2.05, 4.69) is 29.2 Å². The first-order valence-electron chi connectivity index (χ1n) is 6.83. The van der Waals surface area contributed by atoms with Gasteiger partial charge in [-0.2, -0.15) is 0 Å². The highest BCUT2D eigenvalue weighted by Gasteiger charge is 2.28. The number of carboxylic acids is 1. The predicted molar refractivity (Wildman–Crippen MR) is 74.8 cm³/mol. The molecule has 0 aliphatic carbocycles. The maximum absolute atomic E-state index is 11.2. The normalized spacial score (nSPS) is 24.1. The van der Waals surface area contributed by atoms with Gasteiger partial charge in [-0.3, -0.25) is 0 Å². The smallest absolute Gasteiger partial charge is 0.338 e. The van der Waals surface area contributed by atoms with Gasteiger partial charge >= 0.3 is 5.97 Å². The molecule has 1 saturated heterocycles. The van der Waals surface area contributed by atoms with E-state index < -0.39 is 5.97 Å². The first-order chi connectivity index (χ1) is 9.58. The molecule has 0 spiro atoms. The Labute approximate surface area is 117 Å². The Kier molecular flexibility index (Phi) is 3.17. The van der Waals surface area contributed by atoms with E-state index in [1.165, 1.54) is 0 Å². The van der Waals surface area contributed by atoms with Crippen LogP contribution in [0.1, 0.15) is 29.7 Å². The molecule has 106 valence electrons. The second-order valence-corrected chi connectivity index (χ2v) is 5.61. The highest BCUT2D eigenvalue weighted by atomic mass is 16.4. The fourth-order valence-corrected chi connectivity index (χ4v) is 3.09. The van der Waals surface area contributed by atoms with Crippen LogP contribution in [0.25, 0.3) is 11.0 Å². The number of carboxylic acid groups (broad SMARTS) is 1. The summed E-state index contributed by atoms with van der Waals surface area (Å²) < 4.78 is 1.90. The molecule has 6 heteroatoms. The zero-order chi connectivity index (χ0) is 14.3. The van der Waals surface area contributed by atoms with Gasteiger partial charge in [0.15, 0.2) is 0 Å². The van der Waals surface area contributed by atoms with Crippen LogP contribution in [-0.4, -0.2) is 51.1 Å². The first kappa shape index (κ1) is 13.1. The Morgan fingerprint density at radius 3 is 2.95 bits per heavy atom. The molecule has 0 saturated carbocycles. The van der Waals surface area contributed by atoms with E-state index in [0.29, 0.717) is 11.4 Å². The summed E-state index contributed by atoms with van der Waals surface area (Å²) in [6, 6.07) is 5.50. The highest BCUT2D eigenvalue weighted by molar-refractivity contribution is 6.00. The molecule has 2 unspecified atom stereocenters. The van der Waals surface area contributed by atoms with E-state index in [1.807, 2.05) is 10.7 Å². The molecule has 1 N–H and O–H groups in total. The Morgan fingerprint density at radius 1 is 1.45 bits per heavy atom. The topological polar surface area (TPSA) is 71.2 Å². The lowest BCUT2D eigenvalue weighted by molar-refractivity contribution is 0.0699. The zero-order valence-electron chi connectivity index (χ0n) is 11.7. The molecular formula is C14H18N4O2. The predicted octanol–water partition coefficient (Wildman–Crippen LogP) is 1.64. The molecule has 0 amide bonds. The summed E-state index contributed by atoms with van der Waals surface area (Å²) in [5.74, 6) is -0.494. The number of aromatic carboxylic acids is 1. The highest BCUT2D eigenvalue weighted by Crippen LogP contribution is 2.29. The van der Waals surface area contributed by atoms with Crippen molar-refractivity contribution in [2.75, 3.05) is 20.1 Å². The Morgan fingerprint density at radius 2 is 2.25 bits per heavy atom. The molecule has 1 aromatic carbocycles. The van der Waals surface area contributed by atoms with Crippen LogP contribution in [0.15, 0.2) is 18.2 Å². The number of rotatable bonds is 2. The van der Waals surface area contributed by atoms with Crippen molar-refractivity contribution in [3.05, 3.63) is 23.8 Å². The van der Waals surface area contributed by atoms with Gasteiger partial charge in [0, 0.05) is 6.54 Å². The molecule has 1 fully saturated rings. The zero-order valence-corrected chi connectivity index (χ0v) is 11.7. The van der Waals surface area contributed by atoms with Crippen LogP contribution in [0.2, 0.25) is 0 Å². The maximum atomic E-state index is 11.2. The minimum Gasteiger partial charge on any atom is -0.478 e. The number of nitrogens with zero attached hydrogens (tertiary/aromatic N) is 4. The minimum atomic E-state index is -0.959. The summed E-state index contributed by atoms with van der Waals surface area (Å²) in [5.41, 5.74) is 1.51. The molecule has 2 heterocycles. The minimum absolute atomic E-state index is 0.217. The van der Waals surface area contributed by atoms with Gasteiger partial charge in [0.05, 0.1) is 17.1 Å². The van der Waals surface area contributed by atoms with E-state index in [-0.39, 0.29) is 11.6 Å². The van der Waals surface area contributed by atoms with E-state index in [9.17, 15) is 9.90 Å². The van der Waals surface area contributed by atoms with Crippen molar-refractivity contribution in [1.82, 2.24) is 19.9 Å². The van der Waals surface area contributed by atoms with Crippen LogP contribution in [-0.2, 0) is 0 Å². The Bertz CT molecular complexity index is 652. The van der Waals surface area contributed by atoms with Gasteiger partial charge in [-0.25, -0.2) is 9.48 Å². The summed E-state index contributed by atoms with van der Waals surface area (Å²) in [5, 5.41) is 17.5. The molecule has 20 heavy (non-hydrogen) atoms. The lowest BCUT2D eigenvalue weighted by Crippen LogP contribution is -2.38. The van der Waals surface area contributed by atoms with Crippen molar-refractivity contribution < 1.29 is 9.90 Å². The molecule has 1 aromatic heterocycles. The van der Waals surface area contributed by atoms with Gasteiger partial charge in [0.25, 0.3) is 0 Å². The number of likely N-dealkylation sites (tertiary alicyclic amines) is 1. The van der Waals surface area contributed by atoms with E-state index in [4.69, 9.17) is 0 Å². The van der Waals surface area contributed by atoms with Gasteiger partial charge in [-0.1, -0.05) is 18.2 Å².